The number of carbonyl (C=O) groups is 1. The van der Waals surface area contributed by atoms with E-state index in [9.17, 15) is 4.79 Å². The summed E-state index contributed by atoms with van der Waals surface area (Å²) in [7, 11) is 0. The molecule has 1 fully saturated rings. The smallest absolute Gasteiger partial charge is 0.216 e. The fraction of sp³-hybridized carbons (Fsp3) is 0.395. The van der Waals surface area contributed by atoms with Crippen molar-refractivity contribution in [1.29, 1.82) is 0 Å². The number of benzene rings is 3. The van der Waals surface area contributed by atoms with E-state index in [0.717, 1.165) is 41.6 Å². The minimum atomic E-state index is -0.759. The number of unbranched alkanes of at least 4 members (excludes halogenated alkanes) is 2. The van der Waals surface area contributed by atoms with E-state index in [-0.39, 0.29) is 19.1 Å². The largest absolute Gasteiger partial charge is 0.379 e. The maximum absolute atomic E-state index is 11.2. The third-order valence-electron chi connectivity index (χ3n) is 9.26. The Labute approximate surface area is 312 Å². The number of pyridine rings is 1. The van der Waals surface area contributed by atoms with Crippen molar-refractivity contribution in [3.05, 3.63) is 138 Å². The lowest BCUT2D eigenvalue weighted by molar-refractivity contribution is -0.328. The van der Waals surface area contributed by atoms with Crippen LogP contribution >= 0.6 is 0 Å². The summed E-state index contributed by atoms with van der Waals surface area (Å²) in [6, 6.07) is 34.2. The highest BCUT2D eigenvalue weighted by Crippen LogP contribution is 2.32. The van der Waals surface area contributed by atoms with Gasteiger partial charge in [-0.05, 0) is 60.6 Å². The highest BCUT2D eigenvalue weighted by atomic mass is 16.7. The van der Waals surface area contributed by atoms with Crippen LogP contribution in [0, 0.1) is 0 Å². The van der Waals surface area contributed by atoms with Crippen molar-refractivity contribution in [2.24, 2.45) is 0 Å². The van der Waals surface area contributed by atoms with E-state index >= 15 is 0 Å². The second kappa shape index (κ2) is 20.7. The van der Waals surface area contributed by atoms with Crippen LogP contribution in [0.5, 0.6) is 0 Å². The van der Waals surface area contributed by atoms with Gasteiger partial charge < -0.3 is 38.7 Å². The number of nitrogens with one attached hydrogen (secondary N) is 2. The number of hydrogen-bond donors (Lipinski definition) is 2. The third-order valence-corrected chi connectivity index (χ3v) is 9.26. The van der Waals surface area contributed by atoms with E-state index in [4.69, 9.17) is 28.4 Å². The van der Waals surface area contributed by atoms with Crippen molar-refractivity contribution in [3.8, 4) is 0 Å². The van der Waals surface area contributed by atoms with E-state index < -0.39 is 30.7 Å². The Hall–Kier alpha value is -4.42. The Balaban J connectivity index is 1.23. The molecular weight excluding hydrogens is 670 g/mol. The van der Waals surface area contributed by atoms with Gasteiger partial charge in [0.05, 0.1) is 38.7 Å². The van der Waals surface area contributed by atoms with Crippen molar-refractivity contribution < 1.29 is 33.2 Å². The molecule has 2 N–H and O–H groups in total. The second-order valence-corrected chi connectivity index (χ2v) is 13.3. The zero-order valence-electron chi connectivity index (χ0n) is 30.4. The van der Waals surface area contributed by atoms with Gasteiger partial charge in [0.25, 0.3) is 0 Å². The average Bonchev–Trinajstić information content (AvgIpc) is 3.61. The number of amides is 1. The maximum atomic E-state index is 11.2. The number of aromatic nitrogens is 2. The molecule has 3 aromatic carbocycles. The summed E-state index contributed by atoms with van der Waals surface area (Å²) < 4.78 is 39.9. The molecule has 1 aliphatic heterocycles. The molecule has 0 spiro atoms. The molecule has 1 saturated heterocycles. The van der Waals surface area contributed by atoms with Crippen LogP contribution in [0.1, 0.15) is 48.6 Å². The van der Waals surface area contributed by atoms with Gasteiger partial charge >= 0.3 is 0 Å². The first-order chi connectivity index (χ1) is 26.1. The van der Waals surface area contributed by atoms with Gasteiger partial charge in [0.1, 0.15) is 24.4 Å². The van der Waals surface area contributed by atoms with Gasteiger partial charge in [0.2, 0.25) is 5.91 Å². The van der Waals surface area contributed by atoms with Gasteiger partial charge in [-0.3, -0.25) is 9.78 Å². The zero-order valence-corrected chi connectivity index (χ0v) is 30.4. The average molecular weight is 722 g/mol. The summed E-state index contributed by atoms with van der Waals surface area (Å²) in [5.74, 6) is -0.0132. The Bertz CT molecular complexity index is 1770. The van der Waals surface area contributed by atoms with Crippen LogP contribution in [0.3, 0.4) is 0 Å². The van der Waals surface area contributed by atoms with Crippen LogP contribution in [0.25, 0.3) is 10.9 Å². The first-order valence-electron chi connectivity index (χ1n) is 18.6. The number of para-hydroxylation sites is 1. The fourth-order valence-electron chi connectivity index (χ4n) is 6.51. The van der Waals surface area contributed by atoms with Crippen molar-refractivity contribution in [3.63, 3.8) is 0 Å². The van der Waals surface area contributed by atoms with Crippen LogP contribution in [0.4, 0.5) is 0 Å². The minimum absolute atomic E-state index is 0.0132. The van der Waals surface area contributed by atoms with Gasteiger partial charge in [-0.2, -0.15) is 0 Å². The molecule has 0 unspecified atom stereocenters. The van der Waals surface area contributed by atoms with E-state index in [1.807, 2.05) is 97.2 Å². The van der Waals surface area contributed by atoms with E-state index in [1.165, 1.54) is 17.9 Å². The van der Waals surface area contributed by atoms with Gasteiger partial charge in [-0.1, -0.05) is 84.9 Å². The molecule has 0 radical (unpaired) electrons. The predicted octanol–water partition coefficient (Wildman–Crippen LogP) is 6.93. The van der Waals surface area contributed by atoms with Crippen LogP contribution in [0.2, 0.25) is 0 Å². The Morgan fingerprint density at radius 3 is 2.17 bits per heavy atom. The van der Waals surface area contributed by atoms with Gasteiger partial charge in [0, 0.05) is 43.4 Å². The van der Waals surface area contributed by atoms with Crippen LogP contribution in [-0.4, -0.2) is 72.9 Å². The lowest BCUT2D eigenvalue weighted by atomic mass is 9.97. The van der Waals surface area contributed by atoms with E-state index in [0.29, 0.717) is 39.4 Å². The molecule has 0 aliphatic carbocycles. The van der Waals surface area contributed by atoms with Crippen LogP contribution < -0.4 is 5.32 Å². The van der Waals surface area contributed by atoms with Gasteiger partial charge in [-0.15, -0.1) is 0 Å². The molecular formula is C43H51N3O7. The maximum Gasteiger partial charge on any atom is 0.216 e. The lowest BCUT2D eigenvalue weighted by Crippen LogP contribution is -2.62. The van der Waals surface area contributed by atoms with Crippen molar-refractivity contribution >= 4 is 16.8 Å². The first kappa shape index (κ1) is 38.3. The molecule has 0 bridgehead atoms. The molecule has 5 atom stereocenters. The number of nitrogens with zero attached hydrogens (tertiary/aromatic N) is 1. The molecule has 1 amide bonds. The number of aromatic amines is 1. The van der Waals surface area contributed by atoms with Crippen molar-refractivity contribution in [2.45, 2.75) is 83.1 Å². The monoisotopic (exact) mass is 721 g/mol. The number of carbonyl (C=O) groups excluding carboxylic acids is 1. The number of rotatable bonds is 21. The standard InChI is InChI=1S/C43H51N3O7/c1-32(47)44-23-12-4-14-25-48-31-39-40(52-30-36-19-11-13-24-45-36)41(50-28-33-15-5-2-6-16-33)42(51-29-34-17-7-3-8-18-34)43(53-39)49-26-22-35-27-46-38-21-10-9-20-37(35)38/h2-3,5-11,13,15-21,24,27,39-43,46H,4,12,14,22-23,25-26,28-31H2,1H3,(H,44,47)/t39-,40-,41+,42-,43-/m1/s1. The molecule has 10 nitrogen and oxygen atoms in total. The lowest BCUT2D eigenvalue weighted by Gasteiger charge is -2.45. The fourth-order valence-corrected chi connectivity index (χ4v) is 6.51. The molecule has 10 heteroatoms. The summed E-state index contributed by atoms with van der Waals surface area (Å²) in [6.07, 6.45) is 4.13. The first-order valence-corrected chi connectivity index (χ1v) is 18.6. The number of hydrogen-bond acceptors (Lipinski definition) is 8. The molecule has 1 aliphatic rings. The Kier molecular flexibility index (Phi) is 15.0. The molecule has 280 valence electrons. The topological polar surface area (TPSA) is 113 Å². The predicted molar refractivity (Wildman–Crippen MR) is 203 cm³/mol. The number of ether oxygens (including phenoxy) is 6. The molecule has 2 aromatic heterocycles. The Morgan fingerprint density at radius 2 is 1.43 bits per heavy atom. The zero-order chi connectivity index (χ0) is 36.5. The summed E-state index contributed by atoms with van der Waals surface area (Å²) in [5.41, 5.74) is 5.13. The minimum Gasteiger partial charge on any atom is -0.379 e. The summed E-state index contributed by atoms with van der Waals surface area (Å²) in [6.45, 7) is 4.38. The van der Waals surface area contributed by atoms with Crippen LogP contribution in [0.15, 0.2) is 116 Å². The van der Waals surface area contributed by atoms with Gasteiger partial charge in [-0.25, -0.2) is 0 Å². The second-order valence-electron chi connectivity index (χ2n) is 13.3. The molecule has 53 heavy (non-hydrogen) atoms. The van der Waals surface area contributed by atoms with E-state index in [2.05, 4.69) is 27.4 Å². The van der Waals surface area contributed by atoms with E-state index in [1.54, 1.807) is 6.20 Å². The molecule has 6 rings (SSSR count). The van der Waals surface area contributed by atoms with Crippen molar-refractivity contribution in [2.75, 3.05) is 26.4 Å². The summed E-state index contributed by atoms with van der Waals surface area (Å²) in [4.78, 5) is 19.1. The summed E-state index contributed by atoms with van der Waals surface area (Å²) >= 11 is 0. The summed E-state index contributed by atoms with van der Waals surface area (Å²) in [5, 5.41) is 4.03. The van der Waals surface area contributed by atoms with Gasteiger partial charge in [0.15, 0.2) is 6.29 Å². The highest BCUT2D eigenvalue weighted by molar-refractivity contribution is 5.83. The number of H-pyrrole nitrogens is 1. The Morgan fingerprint density at radius 1 is 0.736 bits per heavy atom. The van der Waals surface area contributed by atoms with Crippen LogP contribution in [-0.2, 0) is 59.5 Å². The molecule has 3 heterocycles. The number of fused-ring (bicyclic) bond motifs is 1. The SMILES string of the molecule is CC(=O)NCCCCCOC[C@H]1O[C@@H](OCCc2c[nH]c3ccccc23)[C@H](OCc2ccccc2)[C@@H](OCc2ccccc2)[C@@H]1OCc1ccccn1. The quantitative estimate of drug-likeness (QED) is 0.0786. The normalized spacial score (nSPS) is 20.1. The molecule has 0 saturated carbocycles. The third kappa shape index (κ3) is 11.8. The highest BCUT2D eigenvalue weighted by Gasteiger charge is 2.49. The van der Waals surface area contributed by atoms with Crippen molar-refractivity contribution in [1.82, 2.24) is 15.3 Å². The molecule has 5 aromatic rings.